The molecule has 0 saturated carbocycles. The molecule has 17 heavy (non-hydrogen) atoms. The molecule has 88 valence electrons. The Kier molecular flexibility index (Phi) is 2.71. The highest BCUT2D eigenvalue weighted by molar-refractivity contribution is 5.94. The molecule has 0 fully saturated rings. The summed E-state index contributed by atoms with van der Waals surface area (Å²) in [4.78, 5) is 25.8. The molecule has 4 nitrogen and oxygen atoms in total. The van der Waals surface area contributed by atoms with Crippen LogP contribution in [0.25, 0.3) is 10.8 Å². The van der Waals surface area contributed by atoms with Crippen molar-refractivity contribution in [3.05, 3.63) is 45.4 Å². The average Bonchev–Trinajstić information content (AvgIpc) is 2.29. The molecule has 4 heteroatoms. The van der Waals surface area contributed by atoms with E-state index in [1.807, 2.05) is 26.0 Å². The number of rotatable bonds is 1. The normalized spacial score (nSPS) is 10.5. The molecular formula is C13H13NO3. The molecule has 0 atom stereocenters. The third-order valence-corrected chi connectivity index (χ3v) is 2.72. The Labute approximate surface area is 98.2 Å². The van der Waals surface area contributed by atoms with Gasteiger partial charge in [-0.1, -0.05) is 11.6 Å². The number of aromatic nitrogens is 1. The Morgan fingerprint density at radius 1 is 1.18 bits per heavy atom. The van der Waals surface area contributed by atoms with E-state index in [-0.39, 0.29) is 11.3 Å². The number of nitrogens with one attached hydrogen (secondary N) is 1. The van der Waals surface area contributed by atoms with Crippen molar-refractivity contribution in [2.24, 2.45) is 0 Å². The van der Waals surface area contributed by atoms with E-state index in [1.165, 1.54) is 7.11 Å². The number of pyridine rings is 1. The molecule has 0 saturated heterocycles. The molecule has 2 aromatic rings. The lowest BCUT2D eigenvalue weighted by molar-refractivity contribution is 0.0594. The van der Waals surface area contributed by atoms with E-state index < -0.39 is 5.97 Å². The third kappa shape index (κ3) is 1.93. The molecule has 0 aliphatic heterocycles. The zero-order valence-electron chi connectivity index (χ0n) is 9.96. The quantitative estimate of drug-likeness (QED) is 0.763. The van der Waals surface area contributed by atoms with Gasteiger partial charge in [-0.15, -0.1) is 0 Å². The molecule has 1 heterocycles. The largest absolute Gasteiger partial charge is 0.464 e. The van der Waals surface area contributed by atoms with Gasteiger partial charge in [0.2, 0.25) is 0 Å². The summed E-state index contributed by atoms with van der Waals surface area (Å²) in [5.41, 5.74) is 1.90. The van der Waals surface area contributed by atoms with Crippen molar-refractivity contribution in [3.8, 4) is 0 Å². The highest BCUT2D eigenvalue weighted by atomic mass is 16.5. The number of fused-ring (bicyclic) bond motifs is 1. The smallest absolute Gasteiger partial charge is 0.354 e. The molecule has 1 N–H and O–H groups in total. The molecule has 0 unspecified atom stereocenters. The van der Waals surface area contributed by atoms with Crippen LogP contribution >= 0.6 is 0 Å². The minimum atomic E-state index is -0.538. The number of hydrogen-bond donors (Lipinski definition) is 1. The van der Waals surface area contributed by atoms with Crippen molar-refractivity contribution in [1.29, 1.82) is 0 Å². The summed E-state index contributed by atoms with van der Waals surface area (Å²) in [6, 6.07) is 5.43. The Hall–Kier alpha value is -2.10. The lowest BCUT2D eigenvalue weighted by Gasteiger charge is -2.06. The Morgan fingerprint density at radius 2 is 1.88 bits per heavy atom. The summed E-state index contributed by atoms with van der Waals surface area (Å²) in [7, 11) is 1.28. The van der Waals surface area contributed by atoms with E-state index in [4.69, 9.17) is 0 Å². The molecule has 0 bridgehead atoms. The van der Waals surface area contributed by atoms with Gasteiger partial charge in [-0.05, 0) is 36.9 Å². The molecule has 0 aliphatic carbocycles. The average molecular weight is 231 g/mol. The zero-order chi connectivity index (χ0) is 12.6. The predicted molar refractivity (Wildman–Crippen MR) is 65.4 cm³/mol. The molecule has 0 spiro atoms. The van der Waals surface area contributed by atoms with Crippen LogP contribution in [-0.2, 0) is 4.74 Å². The van der Waals surface area contributed by atoms with E-state index in [1.54, 1.807) is 6.07 Å². The van der Waals surface area contributed by atoms with E-state index in [2.05, 4.69) is 9.72 Å². The predicted octanol–water partition coefficient (Wildman–Crippen LogP) is 1.93. The van der Waals surface area contributed by atoms with Gasteiger partial charge >= 0.3 is 5.97 Å². The first-order valence-corrected chi connectivity index (χ1v) is 5.25. The van der Waals surface area contributed by atoms with Gasteiger partial charge in [0.25, 0.3) is 5.56 Å². The number of H-pyrrole nitrogens is 1. The standard InChI is InChI=1S/C13H13NO3/c1-7-4-8(2)9-6-11(13(16)17-3)14-12(15)10(9)5-7/h4-6H,1-3H3,(H,14,15). The highest BCUT2D eigenvalue weighted by Crippen LogP contribution is 2.18. The number of carbonyl (C=O) groups excluding carboxylic acids is 1. The van der Waals surface area contributed by atoms with Crippen molar-refractivity contribution >= 4 is 16.7 Å². The van der Waals surface area contributed by atoms with Crippen molar-refractivity contribution in [1.82, 2.24) is 4.98 Å². The number of benzene rings is 1. The number of hydrogen-bond acceptors (Lipinski definition) is 3. The van der Waals surface area contributed by atoms with Crippen LogP contribution in [0.2, 0.25) is 0 Å². The SMILES string of the molecule is COC(=O)c1cc2c(C)cc(C)cc2c(=O)[nH]1. The molecule has 1 aromatic carbocycles. The number of aromatic amines is 1. The fraction of sp³-hybridized carbons (Fsp3) is 0.231. The van der Waals surface area contributed by atoms with Gasteiger partial charge in [-0.25, -0.2) is 4.79 Å². The van der Waals surface area contributed by atoms with Gasteiger partial charge in [0.15, 0.2) is 0 Å². The van der Waals surface area contributed by atoms with Crippen LogP contribution in [0.15, 0.2) is 23.0 Å². The van der Waals surface area contributed by atoms with Crippen molar-refractivity contribution in [3.63, 3.8) is 0 Å². The minimum Gasteiger partial charge on any atom is -0.464 e. The second-order valence-corrected chi connectivity index (χ2v) is 4.05. The maximum Gasteiger partial charge on any atom is 0.354 e. The number of esters is 1. The number of methoxy groups -OCH3 is 1. The van der Waals surface area contributed by atoms with Gasteiger partial charge in [0, 0.05) is 5.39 Å². The summed E-state index contributed by atoms with van der Waals surface area (Å²) >= 11 is 0. The van der Waals surface area contributed by atoms with Gasteiger partial charge in [-0.2, -0.15) is 0 Å². The van der Waals surface area contributed by atoms with E-state index in [0.717, 1.165) is 16.5 Å². The highest BCUT2D eigenvalue weighted by Gasteiger charge is 2.10. The second-order valence-electron chi connectivity index (χ2n) is 4.05. The van der Waals surface area contributed by atoms with Crippen LogP contribution in [0.3, 0.4) is 0 Å². The van der Waals surface area contributed by atoms with E-state index in [0.29, 0.717) is 5.39 Å². The van der Waals surface area contributed by atoms with Crippen LogP contribution in [0.4, 0.5) is 0 Å². The lowest BCUT2D eigenvalue weighted by atomic mass is 10.0. The summed E-state index contributed by atoms with van der Waals surface area (Å²) in [5.74, 6) is -0.538. The number of aryl methyl sites for hydroxylation is 2. The summed E-state index contributed by atoms with van der Waals surface area (Å²) < 4.78 is 4.59. The molecule has 2 rings (SSSR count). The van der Waals surface area contributed by atoms with Gasteiger partial charge in [0.1, 0.15) is 5.69 Å². The summed E-state index contributed by atoms with van der Waals surface area (Å²) in [6.45, 7) is 3.84. The van der Waals surface area contributed by atoms with E-state index >= 15 is 0 Å². The first-order chi connectivity index (χ1) is 8.02. The molecule has 0 aliphatic rings. The number of ether oxygens (including phenoxy) is 1. The monoisotopic (exact) mass is 231 g/mol. The lowest BCUT2D eigenvalue weighted by Crippen LogP contribution is -2.14. The first kappa shape index (κ1) is 11.4. The maximum atomic E-state index is 11.9. The van der Waals surface area contributed by atoms with Crippen LogP contribution in [-0.4, -0.2) is 18.1 Å². The Morgan fingerprint density at radius 3 is 2.53 bits per heavy atom. The van der Waals surface area contributed by atoms with Crippen molar-refractivity contribution < 1.29 is 9.53 Å². The van der Waals surface area contributed by atoms with Gasteiger partial charge in [0.05, 0.1) is 7.11 Å². The number of carbonyl (C=O) groups is 1. The summed E-state index contributed by atoms with van der Waals surface area (Å²) in [6.07, 6.45) is 0. The maximum absolute atomic E-state index is 11.9. The molecular weight excluding hydrogens is 218 g/mol. The molecule has 0 amide bonds. The Balaban J connectivity index is 2.82. The topological polar surface area (TPSA) is 59.2 Å². The van der Waals surface area contributed by atoms with E-state index in [9.17, 15) is 9.59 Å². The minimum absolute atomic E-state index is 0.178. The van der Waals surface area contributed by atoms with Gasteiger partial charge in [-0.3, -0.25) is 4.79 Å². The second kappa shape index (κ2) is 4.05. The van der Waals surface area contributed by atoms with Crippen molar-refractivity contribution in [2.75, 3.05) is 7.11 Å². The molecule has 1 aromatic heterocycles. The van der Waals surface area contributed by atoms with Crippen LogP contribution in [0.1, 0.15) is 21.6 Å². The fourth-order valence-electron chi connectivity index (χ4n) is 1.95. The Bertz CT molecular complexity index is 655. The molecule has 0 radical (unpaired) electrons. The van der Waals surface area contributed by atoms with Crippen LogP contribution in [0.5, 0.6) is 0 Å². The zero-order valence-corrected chi connectivity index (χ0v) is 9.96. The van der Waals surface area contributed by atoms with Crippen LogP contribution in [0, 0.1) is 13.8 Å². The van der Waals surface area contributed by atoms with Gasteiger partial charge < -0.3 is 9.72 Å². The fourth-order valence-corrected chi connectivity index (χ4v) is 1.95. The van der Waals surface area contributed by atoms with Crippen LogP contribution < -0.4 is 5.56 Å². The first-order valence-electron chi connectivity index (χ1n) is 5.25. The van der Waals surface area contributed by atoms with Crippen molar-refractivity contribution in [2.45, 2.75) is 13.8 Å². The summed E-state index contributed by atoms with van der Waals surface area (Å²) in [5, 5.41) is 1.37. The third-order valence-electron chi connectivity index (χ3n) is 2.72.